The van der Waals surface area contributed by atoms with Gasteiger partial charge >= 0.3 is 0 Å². The molecule has 0 amide bonds. The molecule has 0 aliphatic carbocycles. The largest absolute Gasteiger partial charge is 0.390 e. The van der Waals surface area contributed by atoms with E-state index in [0.29, 0.717) is 0 Å². The minimum absolute atomic E-state index is 0.108. The zero-order valence-corrected chi connectivity index (χ0v) is 6.88. The Kier molecular flexibility index (Phi) is 1.94. The highest BCUT2D eigenvalue weighted by Crippen LogP contribution is 2.19. The smallest absolute Gasteiger partial charge is 0.107 e. The number of ether oxygens (including phenoxy) is 1. The Morgan fingerprint density at radius 2 is 2.64 bits per heavy atom. The molecular formula is C8H10O2S. The van der Waals surface area contributed by atoms with E-state index in [1.807, 2.05) is 17.5 Å². The van der Waals surface area contributed by atoms with Crippen LogP contribution in [0.2, 0.25) is 0 Å². The van der Waals surface area contributed by atoms with Crippen molar-refractivity contribution < 1.29 is 9.84 Å². The maximum absolute atomic E-state index is 9.44. The highest BCUT2D eigenvalue weighted by atomic mass is 32.1. The second-order valence-electron chi connectivity index (χ2n) is 2.72. The summed E-state index contributed by atoms with van der Waals surface area (Å²) < 4.78 is 4.97. The predicted molar refractivity (Wildman–Crippen MR) is 43.8 cm³/mol. The highest BCUT2D eigenvalue weighted by molar-refractivity contribution is 7.09. The molecule has 1 fully saturated rings. The average molecular weight is 170 g/mol. The van der Waals surface area contributed by atoms with Crippen LogP contribution in [0.1, 0.15) is 4.88 Å². The summed E-state index contributed by atoms with van der Waals surface area (Å²) in [4.78, 5) is 1.23. The fraction of sp³-hybridized carbons (Fsp3) is 0.500. The van der Waals surface area contributed by atoms with E-state index < -0.39 is 0 Å². The number of hydrogen-bond donors (Lipinski definition) is 1. The quantitative estimate of drug-likeness (QED) is 0.688. The molecule has 11 heavy (non-hydrogen) atoms. The standard InChI is InChI=1S/C8H10O2S/c9-7(8-5-10-8)4-6-2-1-3-11-6/h1-3,7-9H,4-5H2. The molecule has 1 aromatic rings. The molecule has 1 aliphatic heterocycles. The molecule has 3 heteroatoms. The van der Waals surface area contributed by atoms with Crippen molar-refractivity contribution in [3.63, 3.8) is 0 Å². The molecule has 0 bridgehead atoms. The van der Waals surface area contributed by atoms with Crippen LogP contribution in [0.5, 0.6) is 0 Å². The lowest BCUT2D eigenvalue weighted by molar-refractivity contribution is 0.136. The number of epoxide rings is 1. The molecular weight excluding hydrogens is 160 g/mol. The zero-order chi connectivity index (χ0) is 7.68. The maximum atomic E-state index is 9.44. The number of aliphatic hydroxyl groups excluding tert-OH is 1. The fourth-order valence-corrected chi connectivity index (χ4v) is 1.80. The van der Waals surface area contributed by atoms with E-state index in [9.17, 15) is 5.11 Å². The van der Waals surface area contributed by atoms with E-state index >= 15 is 0 Å². The summed E-state index contributed by atoms with van der Waals surface area (Å²) in [6, 6.07) is 4.04. The van der Waals surface area contributed by atoms with Crippen molar-refractivity contribution in [2.45, 2.75) is 18.6 Å². The summed E-state index contributed by atoms with van der Waals surface area (Å²) in [6.45, 7) is 0.729. The van der Waals surface area contributed by atoms with E-state index in [4.69, 9.17) is 4.74 Å². The SMILES string of the molecule is OC(Cc1cccs1)C1CO1. The molecule has 1 saturated heterocycles. The number of hydrogen-bond acceptors (Lipinski definition) is 3. The van der Waals surface area contributed by atoms with Crippen LogP contribution in [-0.4, -0.2) is 23.9 Å². The van der Waals surface area contributed by atoms with Crippen LogP contribution in [0.25, 0.3) is 0 Å². The van der Waals surface area contributed by atoms with Gasteiger partial charge in [-0.25, -0.2) is 0 Å². The maximum Gasteiger partial charge on any atom is 0.107 e. The summed E-state index contributed by atoms with van der Waals surface area (Å²) in [7, 11) is 0. The minimum atomic E-state index is -0.298. The number of aliphatic hydroxyl groups is 1. The summed E-state index contributed by atoms with van der Waals surface area (Å²) >= 11 is 1.68. The number of thiophene rings is 1. The van der Waals surface area contributed by atoms with Gasteiger partial charge in [0, 0.05) is 11.3 Å². The van der Waals surface area contributed by atoms with Gasteiger partial charge in [-0.05, 0) is 11.4 Å². The van der Waals surface area contributed by atoms with Gasteiger partial charge in [-0.3, -0.25) is 0 Å². The average Bonchev–Trinajstić information content (AvgIpc) is 2.73. The third kappa shape index (κ3) is 1.80. The molecule has 1 N–H and O–H groups in total. The first kappa shape index (κ1) is 7.28. The second kappa shape index (κ2) is 2.93. The lowest BCUT2D eigenvalue weighted by atomic mass is 10.2. The summed E-state index contributed by atoms with van der Waals surface area (Å²) in [6.07, 6.45) is 0.549. The van der Waals surface area contributed by atoms with Gasteiger partial charge in [0.15, 0.2) is 0 Å². The van der Waals surface area contributed by atoms with Crippen LogP contribution in [0.3, 0.4) is 0 Å². The molecule has 0 radical (unpaired) electrons. The van der Waals surface area contributed by atoms with Crippen molar-refractivity contribution in [3.8, 4) is 0 Å². The van der Waals surface area contributed by atoms with Crippen LogP contribution in [-0.2, 0) is 11.2 Å². The van der Waals surface area contributed by atoms with Crippen LogP contribution in [0.4, 0.5) is 0 Å². The van der Waals surface area contributed by atoms with Gasteiger partial charge in [-0.2, -0.15) is 0 Å². The van der Waals surface area contributed by atoms with Crippen LogP contribution < -0.4 is 0 Å². The van der Waals surface area contributed by atoms with Crippen molar-refractivity contribution in [2.75, 3.05) is 6.61 Å². The van der Waals surface area contributed by atoms with Crippen LogP contribution in [0.15, 0.2) is 17.5 Å². The molecule has 0 spiro atoms. The Morgan fingerprint density at radius 3 is 3.18 bits per heavy atom. The van der Waals surface area contributed by atoms with Gasteiger partial charge in [0.05, 0.1) is 12.7 Å². The third-order valence-corrected chi connectivity index (χ3v) is 2.68. The topological polar surface area (TPSA) is 32.8 Å². The summed E-state index contributed by atoms with van der Waals surface area (Å²) in [5.41, 5.74) is 0. The van der Waals surface area contributed by atoms with Gasteiger partial charge in [0.2, 0.25) is 0 Å². The first-order valence-corrected chi connectivity index (χ1v) is 4.56. The molecule has 1 aromatic heterocycles. The zero-order valence-electron chi connectivity index (χ0n) is 6.06. The van der Waals surface area contributed by atoms with E-state index in [-0.39, 0.29) is 12.2 Å². The van der Waals surface area contributed by atoms with Crippen molar-refractivity contribution in [1.82, 2.24) is 0 Å². The molecule has 60 valence electrons. The van der Waals surface area contributed by atoms with Crippen molar-refractivity contribution in [1.29, 1.82) is 0 Å². The molecule has 2 heterocycles. The second-order valence-corrected chi connectivity index (χ2v) is 3.75. The van der Waals surface area contributed by atoms with Gasteiger partial charge in [-0.1, -0.05) is 6.07 Å². The minimum Gasteiger partial charge on any atom is -0.390 e. The predicted octanol–water partition coefficient (Wildman–Crippen LogP) is 1.05. The van der Waals surface area contributed by atoms with E-state index in [1.165, 1.54) is 4.88 Å². The monoisotopic (exact) mass is 170 g/mol. The molecule has 2 atom stereocenters. The van der Waals surface area contributed by atoms with E-state index in [1.54, 1.807) is 11.3 Å². The first-order chi connectivity index (χ1) is 5.36. The highest BCUT2D eigenvalue weighted by Gasteiger charge is 2.31. The van der Waals surface area contributed by atoms with E-state index in [2.05, 4.69) is 0 Å². The molecule has 0 saturated carbocycles. The van der Waals surface area contributed by atoms with Gasteiger partial charge in [0.25, 0.3) is 0 Å². The van der Waals surface area contributed by atoms with Gasteiger partial charge in [0.1, 0.15) is 6.10 Å². The molecule has 1 aliphatic rings. The van der Waals surface area contributed by atoms with Crippen molar-refractivity contribution >= 4 is 11.3 Å². The lowest BCUT2D eigenvalue weighted by Gasteiger charge is -2.03. The summed E-state index contributed by atoms with van der Waals surface area (Å²) in [5, 5.41) is 11.5. The van der Waals surface area contributed by atoms with Crippen molar-refractivity contribution in [2.24, 2.45) is 0 Å². The Hall–Kier alpha value is -0.380. The molecule has 2 nitrogen and oxygen atoms in total. The fourth-order valence-electron chi connectivity index (χ4n) is 1.04. The van der Waals surface area contributed by atoms with Gasteiger partial charge < -0.3 is 9.84 Å². The van der Waals surface area contributed by atoms with Crippen molar-refractivity contribution in [3.05, 3.63) is 22.4 Å². The Balaban J connectivity index is 1.89. The first-order valence-electron chi connectivity index (χ1n) is 3.68. The molecule has 2 rings (SSSR count). The Labute approximate surface area is 69.4 Å². The summed E-state index contributed by atoms with van der Waals surface area (Å²) in [5.74, 6) is 0. The number of rotatable bonds is 3. The molecule has 2 unspecified atom stereocenters. The molecule has 0 aromatic carbocycles. The van der Waals surface area contributed by atoms with Gasteiger partial charge in [-0.15, -0.1) is 11.3 Å². The van der Waals surface area contributed by atoms with Crippen LogP contribution >= 0.6 is 11.3 Å². The third-order valence-electron chi connectivity index (χ3n) is 1.78. The Morgan fingerprint density at radius 1 is 1.82 bits per heavy atom. The van der Waals surface area contributed by atoms with Crippen LogP contribution in [0, 0.1) is 0 Å². The lowest BCUT2D eigenvalue weighted by Crippen LogP contribution is -2.16. The normalized spacial score (nSPS) is 25.0. The van der Waals surface area contributed by atoms with E-state index in [0.717, 1.165) is 13.0 Å². The Bertz CT molecular complexity index is 216.